The second kappa shape index (κ2) is 7.38. The molecule has 1 atom stereocenters. The first kappa shape index (κ1) is 18.1. The number of hydrogen-bond acceptors (Lipinski definition) is 6. The molecule has 0 spiro atoms. The van der Waals surface area contributed by atoms with Gasteiger partial charge in [-0.15, -0.1) is 0 Å². The van der Waals surface area contributed by atoms with Gasteiger partial charge in [0.05, 0.1) is 28.1 Å². The third-order valence-corrected chi connectivity index (χ3v) is 5.55. The van der Waals surface area contributed by atoms with Gasteiger partial charge in [-0.25, -0.2) is 9.97 Å². The van der Waals surface area contributed by atoms with Gasteiger partial charge < -0.3 is 20.1 Å². The predicted octanol–water partition coefficient (Wildman–Crippen LogP) is 3.03. The van der Waals surface area contributed by atoms with Gasteiger partial charge in [-0.1, -0.05) is 35.5 Å². The van der Waals surface area contributed by atoms with Crippen LogP contribution in [0.25, 0.3) is 22.4 Å². The second-order valence-electron chi connectivity index (χ2n) is 6.35. The molecule has 1 aromatic carbocycles. The van der Waals surface area contributed by atoms with Gasteiger partial charge in [0.1, 0.15) is 0 Å². The molecular weight excluding hydrogens is 388 g/mol. The third kappa shape index (κ3) is 3.87. The predicted molar refractivity (Wildman–Crippen MR) is 106 cm³/mol. The van der Waals surface area contributed by atoms with Gasteiger partial charge in [0.25, 0.3) is 0 Å². The third-order valence-electron chi connectivity index (χ3n) is 4.41. The van der Waals surface area contributed by atoms with Crippen LogP contribution in [-0.2, 0) is 4.79 Å². The van der Waals surface area contributed by atoms with Crippen LogP contribution in [0.15, 0.2) is 35.5 Å². The summed E-state index contributed by atoms with van der Waals surface area (Å²) in [5.74, 6) is -0.981. The number of carbonyl (C=O) groups is 1. The van der Waals surface area contributed by atoms with Crippen molar-refractivity contribution in [2.45, 2.75) is 17.7 Å². The van der Waals surface area contributed by atoms with Crippen molar-refractivity contribution >= 4 is 46.2 Å². The Bertz CT molecular complexity index is 992. The number of thioether (sulfide) groups is 1. The van der Waals surface area contributed by atoms with E-state index in [4.69, 9.17) is 16.7 Å². The number of pyridine rings is 1. The fraction of sp³-hybridized carbons (Fsp3) is 0.278. The van der Waals surface area contributed by atoms with Gasteiger partial charge in [-0.2, -0.15) is 0 Å². The number of aliphatic hydroxyl groups is 1. The molecule has 3 N–H and O–H groups in total. The zero-order chi connectivity index (χ0) is 19.0. The van der Waals surface area contributed by atoms with E-state index >= 15 is 0 Å². The minimum Gasteiger partial charge on any atom is -0.481 e. The summed E-state index contributed by atoms with van der Waals surface area (Å²) in [7, 11) is 0. The maximum Gasteiger partial charge on any atom is 0.313 e. The Hall–Kier alpha value is -2.29. The quantitative estimate of drug-likeness (QED) is 0.561. The molecule has 27 heavy (non-hydrogen) atoms. The van der Waals surface area contributed by atoms with E-state index in [0.717, 1.165) is 36.0 Å². The van der Waals surface area contributed by atoms with Crippen molar-refractivity contribution in [2.75, 3.05) is 23.7 Å². The van der Waals surface area contributed by atoms with Gasteiger partial charge >= 0.3 is 5.97 Å². The Labute approximate surface area is 164 Å². The first-order valence-corrected chi connectivity index (χ1v) is 9.80. The second-order valence-corrected chi connectivity index (χ2v) is 7.72. The van der Waals surface area contributed by atoms with Crippen molar-refractivity contribution in [1.82, 2.24) is 15.0 Å². The highest BCUT2D eigenvalue weighted by Gasteiger charge is 2.20. The van der Waals surface area contributed by atoms with E-state index in [2.05, 4.69) is 19.9 Å². The maximum atomic E-state index is 10.7. The van der Waals surface area contributed by atoms with Crippen molar-refractivity contribution in [3.8, 4) is 11.3 Å². The molecule has 1 unspecified atom stereocenters. The van der Waals surface area contributed by atoms with Gasteiger partial charge in [-0.3, -0.25) is 4.79 Å². The van der Waals surface area contributed by atoms with E-state index < -0.39 is 5.97 Å². The SMILES string of the molecule is O=C(O)CSc1nc2nc(-c3ccc(N4CCC(O)C4)cc3)c(Cl)cc2[nH]1. The van der Waals surface area contributed by atoms with Crippen LogP contribution in [0, 0.1) is 0 Å². The Morgan fingerprint density at radius 2 is 2.11 bits per heavy atom. The van der Waals surface area contributed by atoms with Gasteiger partial charge in [0.2, 0.25) is 0 Å². The number of H-pyrrole nitrogens is 1. The van der Waals surface area contributed by atoms with Crippen LogP contribution in [0.3, 0.4) is 0 Å². The number of hydrogen-bond donors (Lipinski definition) is 3. The molecule has 1 saturated heterocycles. The van der Waals surface area contributed by atoms with Gasteiger partial charge in [-0.05, 0) is 24.6 Å². The fourth-order valence-electron chi connectivity index (χ4n) is 3.10. The molecule has 7 nitrogen and oxygen atoms in total. The van der Waals surface area contributed by atoms with Crippen LogP contribution in [0.4, 0.5) is 5.69 Å². The lowest BCUT2D eigenvalue weighted by molar-refractivity contribution is -0.133. The zero-order valence-electron chi connectivity index (χ0n) is 14.2. The van der Waals surface area contributed by atoms with E-state index in [1.807, 2.05) is 24.3 Å². The van der Waals surface area contributed by atoms with Crippen molar-refractivity contribution in [2.24, 2.45) is 0 Å². The average Bonchev–Trinajstić information content (AvgIpc) is 3.25. The molecule has 140 valence electrons. The highest BCUT2D eigenvalue weighted by molar-refractivity contribution is 7.99. The van der Waals surface area contributed by atoms with Crippen molar-refractivity contribution in [1.29, 1.82) is 0 Å². The summed E-state index contributed by atoms with van der Waals surface area (Å²) in [6, 6.07) is 9.64. The summed E-state index contributed by atoms with van der Waals surface area (Å²) >= 11 is 7.51. The average molecular weight is 405 g/mol. The molecule has 3 aromatic rings. The number of nitrogens with zero attached hydrogens (tertiary/aromatic N) is 3. The van der Waals surface area contributed by atoms with Gasteiger partial charge in [0, 0.05) is 24.3 Å². The number of aromatic amines is 1. The summed E-state index contributed by atoms with van der Waals surface area (Å²) in [4.78, 5) is 24.8. The summed E-state index contributed by atoms with van der Waals surface area (Å²) in [5, 5.41) is 19.5. The lowest BCUT2D eigenvalue weighted by Gasteiger charge is -2.18. The van der Waals surface area contributed by atoms with Crippen LogP contribution in [0.2, 0.25) is 5.02 Å². The number of halogens is 1. The van der Waals surface area contributed by atoms with Crippen molar-refractivity contribution in [3.63, 3.8) is 0 Å². The van der Waals surface area contributed by atoms with Crippen LogP contribution < -0.4 is 4.90 Å². The maximum absolute atomic E-state index is 10.7. The monoisotopic (exact) mass is 404 g/mol. The standard InChI is InChI=1S/C18H17ClN4O3S/c19-13-7-14-17(22-18(20-14)27-9-15(25)26)21-16(13)10-1-3-11(4-2-10)23-6-5-12(24)8-23/h1-4,7,12,24H,5-6,8-9H2,(H,25,26)(H,20,21,22). The number of nitrogens with one attached hydrogen (secondary N) is 1. The number of β-amino-alcohol motifs (C(OH)–C–C–N with tert-alkyl or cyclic N) is 1. The molecule has 1 aliphatic rings. The van der Waals surface area contributed by atoms with E-state index in [9.17, 15) is 9.90 Å². The topological polar surface area (TPSA) is 102 Å². The first-order valence-electron chi connectivity index (χ1n) is 8.44. The number of carboxylic acid groups (broad SMARTS) is 1. The Balaban J connectivity index is 1.60. The Morgan fingerprint density at radius 3 is 2.78 bits per heavy atom. The number of imidazole rings is 1. The smallest absolute Gasteiger partial charge is 0.313 e. The number of fused-ring (bicyclic) bond motifs is 1. The molecule has 2 aromatic heterocycles. The van der Waals surface area contributed by atoms with E-state index in [1.165, 1.54) is 0 Å². The van der Waals surface area contributed by atoms with E-state index in [0.29, 0.717) is 33.6 Å². The number of aliphatic carboxylic acids is 1. The molecule has 0 radical (unpaired) electrons. The molecule has 0 amide bonds. The van der Waals surface area contributed by atoms with Crippen molar-refractivity contribution in [3.05, 3.63) is 35.4 Å². The van der Waals surface area contributed by atoms with E-state index in [-0.39, 0.29) is 11.9 Å². The number of benzene rings is 1. The molecule has 4 rings (SSSR count). The summed E-state index contributed by atoms with van der Waals surface area (Å²) < 4.78 is 0. The summed E-state index contributed by atoms with van der Waals surface area (Å²) in [5.41, 5.74) is 3.71. The number of rotatable bonds is 5. The normalized spacial score (nSPS) is 17.0. The van der Waals surface area contributed by atoms with Crippen LogP contribution >= 0.6 is 23.4 Å². The summed E-state index contributed by atoms with van der Waals surface area (Å²) in [6.45, 7) is 1.49. The van der Waals surface area contributed by atoms with Crippen molar-refractivity contribution < 1.29 is 15.0 Å². The largest absolute Gasteiger partial charge is 0.481 e. The Kier molecular flexibility index (Phi) is 4.94. The van der Waals surface area contributed by atoms with Crippen LogP contribution in [0.5, 0.6) is 0 Å². The lowest BCUT2D eigenvalue weighted by atomic mass is 10.1. The minimum absolute atomic E-state index is 0.0763. The van der Waals surface area contributed by atoms with E-state index in [1.54, 1.807) is 6.07 Å². The molecular formula is C18H17ClN4O3S. The lowest BCUT2D eigenvalue weighted by Crippen LogP contribution is -2.20. The number of anilines is 1. The molecule has 3 heterocycles. The molecule has 0 saturated carbocycles. The molecule has 0 aliphatic carbocycles. The highest BCUT2D eigenvalue weighted by Crippen LogP contribution is 2.31. The number of carboxylic acids is 1. The zero-order valence-corrected chi connectivity index (χ0v) is 15.8. The number of aliphatic hydroxyl groups excluding tert-OH is 1. The minimum atomic E-state index is -0.905. The Morgan fingerprint density at radius 1 is 1.33 bits per heavy atom. The molecule has 1 aliphatic heterocycles. The molecule has 0 bridgehead atoms. The van der Waals surface area contributed by atoms with Gasteiger partial charge in [0.15, 0.2) is 10.8 Å². The van der Waals surface area contributed by atoms with Crippen LogP contribution in [-0.4, -0.2) is 56.1 Å². The van der Waals surface area contributed by atoms with Crippen LogP contribution in [0.1, 0.15) is 6.42 Å². The number of aromatic nitrogens is 3. The highest BCUT2D eigenvalue weighted by atomic mass is 35.5. The molecule has 1 fully saturated rings. The first-order chi connectivity index (χ1) is 13.0. The molecule has 9 heteroatoms. The summed E-state index contributed by atoms with van der Waals surface area (Å²) in [6.07, 6.45) is 0.517. The fourth-order valence-corrected chi connectivity index (χ4v) is 3.96.